The number of nitrogens with zero attached hydrogens (tertiary/aromatic N) is 5. The van der Waals surface area contributed by atoms with Crippen LogP contribution in [0.5, 0.6) is 23.0 Å². The number of Topliss-reactive ketones (excluding diaryl/α,β-unsaturated/α-hetero) is 1. The number of nitrogens with one attached hydrogen (secondary N) is 1. The normalized spacial score (nSPS) is 16.8. The van der Waals surface area contributed by atoms with Gasteiger partial charge in [0.15, 0.2) is 28.8 Å². The van der Waals surface area contributed by atoms with E-state index in [1.54, 1.807) is 54.2 Å². The monoisotopic (exact) mass is 1020 g/mol. The lowest BCUT2D eigenvalue weighted by Crippen LogP contribution is -2.41. The molecule has 16 heteroatoms. The van der Waals surface area contributed by atoms with Crippen LogP contribution in [0.4, 0.5) is 28.4 Å². The Labute approximate surface area is 436 Å². The number of hydrogen-bond acceptors (Lipinski definition) is 13. The molecule has 0 unspecified atom stereocenters. The molecule has 2 atom stereocenters. The lowest BCUT2D eigenvalue weighted by Gasteiger charge is -2.25. The van der Waals surface area contributed by atoms with Gasteiger partial charge in [0.05, 0.1) is 55.3 Å². The van der Waals surface area contributed by atoms with Crippen LogP contribution in [0, 0.1) is 0 Å². The average Bonchev–Trinajstić information content (AvgIpc) is 3.89. The lowest BCUT2D eigenvalue weighted by atomic mass is 10.1. The summed E-state index contributed by atoms with van der Waals surface area (Å²) >= 11 is 0. The molecule has 3 amide bonds. The van der Waals surface area contributed by atoms with Gasteiger partial charge in [-0.25, -0.2) is 0 Å². The van der Waals surface area contributed by atoms with Gasteiger partial charge >= 0.3 is 0 Å². The van der Waals surface area contributed by atoms with E-state index in [2.05, 4.69) is 46.1 Å². The van der Waals surface area contributed by atoms with Gasteiger partial charge in [0.1, 0.15) is 13.2 Å². The summed E-state index contributed by atoms with van der Waals surface area (Å²) in [4.78, 5) is 66.4. The van der Waals surface area contributed by atoms with Crippen molar-refractivity contribution in [1.29, 1.82) is 0 Å². The third-order valence-electron chi connectivity index (χ3n) is 13.9. The second-order valence-electron chi connectivity index (χ2n) is 19.7. The molecule has 0 aromatic heterocycles. The number of anilines is 5. The molecular formula is C57H64N6O8S2. The van der Waals surface area contributed by atoms with Crippen molar-refractivity contribution in [3.8, 4) is 23.0 Å². The van der Waals surface area contributed by atoms with E-state index in [-0.39, 0.29) is 60.1 Å². The molecule has 9 rings (SSSR count). The highest BCUT2D eigenvalue weighted by molar-refractivity contribution is 8.77. The number of fused-ring (bicyclic) bond motifs is 8. The maximum atomic E-state index is 14.3. The maximum Gasteiger partial charge on any atom is 0.260 e. The molecule has 0 spiro atoms. The van der Waals surface area contributed by atoms with Crippen molar-refractivity contribution in [3.05, 3.63) is 124 Å². The van der Waals surface area contributed by atoms with Crippen molar-refractivity contribution >= 4 is 79.7 Å². The molecule has 5 aromatic carbocycles. The largest absolute Gasteiger partial charge is 0.493 e. The molecule has 0 bridgehead atoms. The van der Waals surface area contributed by atoms with Gasteiger partial charge in [-0.3, -0.25) is 24.2 Å². The van der Waals surface area contributed by atoms with E-state index < -0.39 is 0 Å². The highest BCUT2D eigenvalue weighted by atomic mass is 33.1. The third-order valence-corrected chi connectivity index (χ3v) is 17.3. The summed E-state index contributed by atoms with van der Waals surface area (Å²) in [6, 6.07) is 29.2. The van der Waals surface area contributed by atoms with Crippen molar-refractivity contribution in [3.63, 3.8) is 0 Å². The fourth-order valence-corrected chi connectivity index (χ4v) is 12.9. The Kier molecular flexibility index (Phi) is 15.6. The Morgan fingerprint density at radius 3 is 1.74 bits per heavy atom. The van der Waals surface area contributed by atoms with E-state index in [9.17, 15) is 19.2 Å². The first-order valence-corrected chi connectivity index (χ1v) is 27.2. The predicted molar refractivity (Wildman–Crippen MR) is 294 cm³/mol. The lowest BCUT2D eigenvalue weighted by molar-refractivity contribution is -0.118. The average molecular weight is 1030 g/mol. The Hall–Kier alpha value is -6.65. The summed E-state index contributed by atoms with van der Waals surface area (Å²) in [5.41, 5.74) is 8.90. The Morgan fingerprint density at radius 1 is 0.712 bits per heavy atom. The van der Waals surface area contributed by atoms with E-state index in [0.717, 1.165) is 70.0 Å². The standard InChI is InChI=1S/C57H64N6O8S2/c1-8-58-31-43(64)16-13-21-72-73-57(2,3)20-19-54(65)59-40-23-36(34-70-52-29-48-44(27-50(52)68-6)55(66)62-41(32-60(48)4)25-38-14-9-11-17-46(38)62)22-37(24-40)35-71-53-30-49-45(28-51(53)69-7)56(67)63-42(33-61(49)5)26-39-15-10-12-18-47(39)63/h8-12,14-15,17-18,22-24,27-30,41-42H,13,16,19-21,25-26,31-35H2,1-7H3,(H,59,65)/t41-,42-/m0/s1. The van der Waals surface area contributed by atoms with Crippen molar-refractivity contribution in [2.24, 2.45) is 4.99 Å². The first kappa shape index (κ1) is 51.3. The summed E-state index contributed by atoms with van der Waals surface area (Å²) in [5.74, 6) is 2.50. The van der Waals surface area contributed by atoms with Gasteiger partial charge in [0.25, 0.3) is 11.8 Å². The van der Waals surface area contributed by atoms with Crippen LogP contribution < -0.4 is 43.9 Å². The zero-order valence-electron chi connectivity index (χ0n) is 42.7. The van der Waals surface area contributed by atoms with Gasteiger partial charge in [-0.15, -0.1) is 0 Å². The van der Waals surface area contributed by atoms with Gasteiger partial charge < -0.3 is 43.9 Å². The summed E-state index contributed by atoms with van der Waals surface area (Å²) in [6.45, 7) is 7.82. The van der Waals surface area contributed by atoms with Crippen molar-refractivity contribution in [1.82, 2.24) is 0 Å². The molecule has 0 aliphatic carbocycles. The quantitative estimate of drug-likeness (QED) is 0.0450. The van der Waals surface area contributed by atoms with Gasteiger partial charge in [0.2, 0.25) is 5.91 Å². The summed E-state index contributed by atoms with van der Waals surface area (Å²) in [6.07, 6.45) is 5.44. The van der Waals surface area contributed by atoms with E-state index >= 15 is 0 Å². The topological polar surface area (TPSA) is 143 Å². The smallest absolute Gasteiger partial charge is 0.260 e. The van der Waals surface area contributed by atoms with Crippen molar-refractivity contribution < 1.29 is 38.1 Å². The number of amides is 3. The molecule has 4 heterocycles. The van der Waals surface area contributed by atoms with Gasteiger partial charge in [-0.2, -0.15) is 0 Å². The number of benzene rings is 5. The summed E-state index contributed by atoms with van der Waals surface area (Å²) in [7, 11) is 10.6. The summed E-state index contributed by atoms with van der Waals surface area (Å²) in [5, 5.41) is 3.15. The molecule has 5 aromatic rings. The minimum atomic E-state index is -0.189. The first-order valence-electron chi connectivity index (χ1n) is 24.9. The predicted octanol–water partition coefficient (Wildman–Crippen LogP) is 10.2. The maximum absolute atomic E-state index is 14.3. The number of para-hydroxylation sites is 2. The molecule has 14 nitrogen and oxygen atoms in total. The molecule has 0 fully saturated rings. The SMILES string of the molecule is CC=NCC(=O)CCCSSC(C)(C)CCC(=O)Nc1cc(COc2cc3c(cc2OC)C(=O)N2c4ccccc4C[C@H]2CN3C)cc(COc2cc3c(cc2OC)C(=O)N2c4ccccc4C[C@H]2CN3C)c1. The highest BCUT2D eigenvalue weighted by Crippen LogP contribution is 2.45. The minimum Gasteiger partial charge on any atom is -0.493 e. The van der Waals surface area contributed by atoms with Crippen LogP contribution in [0.25, 0.3) is 0 Å². The molecule has 4 aliphatic rings. The Bertz CT molecular complexity index is 2790. The number of ether oxygens (including phenoxy) is 4. The number of methoxy groups -OCH3 is 2. The van der Waals surface area contributed by atoms with Crippen LogP contribution in [0.1, 0.15) is 89.4 Å². The zero-order valence-corrected chi connectivity index (χ0v) is 44.3. The Morgan fingerprint density at radius 2 is 1.23 bits per heavy atom. The van der Waals surface area contributed by atoms with Crippen LogP contribution >= 0.6 is 21.6 Å². The molecule has 382 valence electrons. The van der Waals surface area contributed by atoms with Crippen LogP contribution in [0.15, 0.2) is 96.0 Å². The molecule has 0 saturated heterocycles. The van der Waals surface area contributed by atoms with E-state index in [1.807, 2.05) is 97.5 Å². The molecule has 1 N–H and O–H groups in total. The van der Waals surface area contributed by atoms with Crippen molar-refractivity contribution in [2.75, 3.05) is 78.6 Å². The molecule has 0 radical (unpaired) electrons. The van der Waals surface area contributed by atoms with Crippen LogP contribution in [-0.2, 0) is 35.6 Å². The van der Waals surface area contributed by atoms with Gasteiger partial charge in [-0.1, -0.05) is 58.0 Å². The number of carbonyl (C=O) groups is 4. The van der Waals surface area contributed by atoms with Crippen LogP contribution in [0.3, 0.4) is 0 Å². The molecule has 73 heavy (non-hydrogen) atoms. The fraction of sp³-hybridized carbons (Fsp3) is 0.386. The first-order chi connectivity index (χ1) is 35.2. The number of ketones is 1. The number of rotatable bonds is 20. The highest BCUT2D eigenvalue weighted by Gasteiger charge is 2.41. The zero-order chi connectivity index (χ0) is 51.4. The van der Waals surface area contributed by atoms with E-state index in [1.165, 1.54) is 0 Å². The van der Waals surface area contributed by atoms with E-state index in [0.29, 0.717) is 72.2 Å². The number of hydrogen-bond donors (Lipinski definition) is 1. The number of carbonyl (C=O) groups excluding carboxylic acids is 4. The second-order valence-corrected chi connectivity index (χ2v) is 22.8. The molecule has 4 aliphatic heterocycles. The fourth-order valence-electron chi connectivity index (χ4n) is 10.3. The van der Waals surface area contributed by atoms with Gasteiger partial charge in [0, 0.05) is 79.7 Å². The minimum absolute atomic E-state index is 0.00991. The van der Waals surface area contributed by atoms with Crippen LogP contribution in [-0.4, -0.2) is 100 Å². The van der Waals surface area contributed by atoms with Crippen LogP contribution in [0.2, 0.25) is 0 Å². The van der Waals surface area contributed by atoms with E-state index in [4.69, 9.17) is 18.9 Å². The Balaban J connectivity index is 0.938. The molecular weight excluding hydrogens is 961 g/mol. The van der Waals surface area contributed by atoms with Crippen molar-refractivity contribution in [2.45, 2.75) is 89.3 Å². The third kappa shape index (κ3) is 11.3. The second kappa shape index (κ2) is 22.2. The number of likely N-dealkylation sites (N-methyl/N-ethyl adjacent to an activating group) is 2. The summed E-state index contributed by atoms with van der Waals surface area (Å²) < 4.78 is 24.7. The van der Waals surface area contributed by atoms with Gasteiger partial charge in [-0.05, 0) is 117 Å². The number of aliphatic imine (C=N–C) groups is 1. The molecule has 0 saturated carbocycles.